The number of anilines is 2. The number of hydrogen-bond donors (Lipinski definition) is 1. The SMILES string of the molecule is N#C/C=C1\CCN(c2ccc(N3C[C@H](CNC(=O)C(F)F)OC3=O)cc2F)CC1F. The zero-order valence-electron chi connectivity index (χ0n) is 15.7. The molecule has 2 aliphatic heterocycles. The van der Waals surface area contributed by atoms with Gasteiger partial charge in [-0.15, -0.1) is 0 Å². The first-order chi connectivity index (χ1) is 14.3. The molecule has 0 aliphatic carbocycles. The lowest BCUT2D eigenvalue weighted by Gasteiger charge is -2.32. The summed E-state index contributed by atoms with van der Waals surface area (Å²) in [7, 11) is 0. The maximum atomic E-state index is 14.7. The van der Waals surface area contributed by atoms with E-state index in [0.717, 1.165) is 11.0 Å². The van der Waals surface area contributed by atoms with Crippen molar-refractivity contribution in [3.05, 3.63) is 35.7 Å². The zero-order chi connectivity index (χ0) is 21.8. The molecule has 0 spiro atoms. The fraction of sp³-hybridized carbons (Fsp3) is 0.421. The van der Waals surface area contributed by atoms with Crippen molar-refractivity contribution in [3.63, 3.8) is 0 Å². The van der Waals surface area contributed by atoms with Crippen LogP contribution in [0, 0.1) is 17.1 Å². The van der Waals surface area contributed by atoms with Crippen molar-refractivity contribution in [2.75, 3.05) is 36.0 Å². The summed E-state index contributed by atoms with van der Waals surface area (Å²) in [5.41, 5.74) is 0.712. The number of nitriles is 1. The summed E-state index contributed by atoms with van der Waals surface area (Å²) in [6, 6.07) is 5.78. The number of carbonyl (C=O) groups is 2. The lowest BCUT2D eigenvalue weighted by Crippen LogP contribution is -2.38. The van der Waals surface area contributed by atoms with Crippen LogP contribution in [0.15, 0.2) is 29.8 Å². The van der Waals surface area contributed by atoms with E-state index < -0.39 is 36.5 Å². The number of hydrogen-bond acceptors (Lipinski definition) is 5. The van der Waals surface area contributed by atoms with Gasteiger partial charge in [-0.2, -0.15) is 14.0 Å². The molecule has 0 saturated carbocycles. The minimum atomic E-state index is -3.18. The largest absolute Gasteiger partial charge is 0.442 e. The number of benzene rings is 1. The van der Waals surface area contributed by atoms with Crippen molar-refractivity contribution < 1.29 is 31.9 Å². The van der Waals surface area contributed by atoms with Crippen molar-refractivity contribution in [3.8, 4) is 6.07 Å². The summed E-state index contributed by atoms with van der Waals surface area (Å²) in [6.07, 6.45) is -4.75. The topological polar surface area (TPSA) is 85.7 Å². The summed E-state index contributed by atoms with van der Waals surface area (Å²) >= 11 is 0. The third-order valence-corrected chi connectivity index (χ3v) is 4.86. The third kappa shape index (κ3) is 4.64. The van der Waals surface area contributed by atoms with Crippen LogP contribution >= 0.6 is 0 Å². The van der Waals surface area contributed by atoms with Crippen molar-refractivity contribution in [2.45, 2.75) is 25.1 Å². The second-order valence-corrected chi connectivity index (χ2v) is 6.81. The molecule has 2 heterocycles. The van der Waals surface area contributed by atoms with E-state index in [1.54, 1.807) is 6.07 Å². The van der Waals surface area contributed by atoms with E-state index in [2.05, 4.69) is 0 Å². The second-order valence-electron chi connectivity index (χ2n) is 6.81. The number of nitrogens with one attached hydrogen (secondary N) is 1. The maximum Gasteiger partial charge on any atom is 0.414 e. The van der Waals surface area contributed by atoms with Crippen LogP contribution in [0.3, 0.4) is 0 Å². The standard InChI is InChI=1S/C19H18F4N4O3/c20-14-7-12(27-9-13(30-19(27)29)8-25-18(28)17(22)23)1-2-16(14)26-6-4-11(3-5-24)15(21)10-26/h1-3,7,13,15,17H,4,6,8-10H2,(H,25,28)/b11-3+/t13-,15?/m0/s1. The molecule has 1 aromatic rings. The molecule has 2 atom stereocenters. The zero-order valence-corrected chi connectivity index (χ0v) is 15.7. The van der Waals surface area contributed by atoms with Gasteiger partial charge < -0.3 is 15.0 Å². The molecule has 11 heteroatoms. The Labute approximate surface area is 169 Å². The average Bonchev–Trinajstić information content (AvgIpc) is 3.08. The third-order valence-electron chi connectivity index (χ3n) is 4.86. The van der Waals surface area contributed by atoms with Gasteiger partial charge in [-0.3, -0.25) is 9.69 Å². The predicted molar refractivity (Wildman–Crippen MR) is 98.5 cm³/mol. The monoisotopic (exact) mass is 426 g/mol. The Morgan fingerprint density at radius 2 is 2.17 bits per heavy atom. The summed E-state index contributed by atoms with van der Waals surface area (Å²) in [5, 5.41) is 10.6. The highest BCUT2D eigenvalue weighted by atomic mass is 19.3. The average molecular weight is 426 g/mol. The van der Waals surface area contributed by atoms with Gasteiger partial charge in [0, 0.05) is 12.6 Å². The van der Waals surface area contributed by atoms with Crippen LogP contribution in [0.5, 0.6) is 0 Å². The van der Waals surface area contributed by atoms with Crippen LogP contribution in [0.4, 0.5) is 33.7 Å². The number of allylic oxidation sites excluding steroid dienone is 1. The highest BCUT2D eigenvalue weighted by molar-refractivity contribution is 5.90. The molecule has 2 amide bonds. The number of cyclic esters (lactones) is 1. The minimum absolute atomic E-state index is 0.0558. The Morgan fingerprint density at radius 1 is 1.40 bits per heavy atom. The molecule has 0 aromatic heterocycles. The van der Waals surface area contributed by atoms with Gasteiger partial charge in [-0.25, -0.2) is 13.6 Å². The molecule has 1 aromatic carbocycles. The van der Waals surface area contributed by atoms with E-state index in [1.807, 2.05) is 5.32 Å². The summed E-state index contributed by atoms with van der Waals surface area (Å²) in [6.45, 7) is -0.112. The molecule has 0 radical (unpaired) electrons. The fourth-order valence-corrected chi connectivity index (χ4v) is 3.34. The van der Waals surface area contributed by atoms with E-state index in [9.17, 15) is 27.2 Å². The maximum absolute atomic E-state index is 14.7. The Balaban J connectivity index is 1.65. The quantitative estimate of drug-likeness (QED) is 0.578. The molecule has 1 unspecified atom stereocenters. The number of rotatable bonds is 5. The molecular formula is C19H18F4N4O3. The summed E-state index contributed by atoms with van der Waals surface area (Å²) in [4.78, 5) is 25.6. The predicted octanol–water partition coefficient (Wildman–Crippen LogP) is 2.53. The summed E-state index contributed by atoms with van der Waals surface area (Å²) < 4.78 is 58.3. The van der Waals surface area contributed by atoms with E-state index in [0.29, 0.717) is 18.5 Å². The van der Waals surface area contributed by atoms with Crippen LogP contribution < -0.4 is 15.1 Å². The molecule has 2 saturated heterocycles. The fourth-order valence-electron chi connectivity index (χ4n) is 3.34. The lowest BCUT2D eigenvalue weighted by molar-refractivity contribution is -0.132. The van der Waals surface area contributed by atoms with Crippen LogP contribution in [-0.4, -0.2) is 56.9 Å². The van der Waals surface area contributed by atoms with Gasteiger partial charge in [-0.1, -0.05) is 0 Å². The van der Waals surface area contributed by atoms with Gasteiger partial charge >= 0.3 is 12.5 Å². The Bertz CT molecular complexity index is 902. The highest BCUT2D eigenvalue weighted by Gasteiger charge is 2.34. The van der Waals surface area contributed by atoms with Gasteiger partial charge in [0.25, 0.3) is 5.91 Å². The normalized spacial score (nSPS) is 22.9. The van der Waals surface area contributed by atoms with Crippen LogP contribution in [0.25, 0.3) is 0 Å². The Hall–Kier alpha value is -3.29. The highest BCUT2D eigenvalue weighted by Crippen LogP contribution is 2.31. The number of alkyl halides is 3. The van der Waals surface area contributed by atoms with Crippen LogP contribution in [-0.2, 0) is 9.53 Å². The van der Waals surface area contributed by atoms with Gasteiger partial charge in [0.1, 0.15) is 18.1 Å². The first-order valence-electron chi connectivity index (χ1n) is 9.11. The number of carbonyl (C=O) groups excluding carboxylic acids is 2. The molecule has 1 N–H and O–H groups in total. The Kier molecular flexibility index (Phi) is 6.44. The van der Waals surface area contributed by atoms with Gasteiger partial charge in [-0.05, 0) is 30.2 Å². The van der Waals surface area contributed by atoms with Crippen molar-refractivity contribution in [1.82, 2.24) is 5.32 Å². The van der Waals surface area contributed by atoms with Crippen molar-refractivity contribution in [2.24, 2.45) is 0 Å². The molecule has 160 valence electrons. The smallest absolute Gasteiger partial charge is 0.414 e. The Morgan fingerprint density at radius 3 is 2.80 bits per heavy atom. The van der Waals surface area contributed by atoms with E-state index in [-0.39, 0.29) is 31.0 Å². The first kappa shape index (κ1) is 21.4. The lowest BCUT2D eigenvalue weighted by atomic mass is 10.0. The van der Waals surface area contributed by atoms with Crippen LogP contribution in [0.2, 0.25) is 0 Å². The van der Waals surface area contributed by atoms with Gasteiger partial charge in [0.2, 0.25) is 0 Å². The van der Waals surface area contributed by atoms with Gasteiger partial charge in [0.15, 0.2) is 0 Å². The van der Waals surface area contributed by atoms with Crippen molar-refractivity contribution >= 4 is 23.4 Å². The number of piperidine rings is 1. The van der Waals surface area contributed by atoms with Crippen LogP contribution in [0.1, 0.15) is 6.42 Å². The number of amides is 2. The molecule has 30 heavy (non-hydrogen) atoms. The van der Waals surface area contributed by atoms with E-state index in [4.69, 9.17) is 10.00 Å². The number of ether oxygens (including phenoxy) is 1. The first-order valence-corrected chi connectivity index (χ1v) is 9.11. The van der Waals surface area contributed by atoms with Crippen molar-refractivity contribution in [1.29, 1.82) is 5.26 Å². The second kappa shape index (κ2) is 9.02. The van der Waals surface area contributed by atoms with E-state index >= 15 is 0 Å². The number of nitrogens with zero attached hydrogens (tertiary/aromatic N) is 3. The molecule has 3 rings (SSSR count). The molecular weight excluding hydrogens is 408 g/mol. The summed E-state index contributed by atoms with van der Waals surface area (Å²) in [5.74, 6) is -2.14. The molecule has 2 aliphatic rings. The molecule has 0 bridgehead atoms. The minimum Gasteiger partial charge on any atom is -0.442 e. The van der Waals surface area contributed by atoms with E-state index in [1.165, 1.54) is 23.1 Å². The van der Waals surface area contributed by atoms with Gasteiger partial charge in [0.05, 0.1) is 37.1 Å². The molecule has 2 fully saturated rings. The molecule has 7 nitrogen and oxygen atoms in total. The number of halogens is 4.